The Kier molecular flexibility index (Phi) is 6.19. The van der Waals surface area contributed by atoms with Gasteiger partial charge in [-0.25, -0.2) is 4.39 Å². The van der Waals surface area contributed by atoms with Gasteiger partial charge in [-0.2, -0.15) is 0 Å². The van der Waals surface area contributed by atoms with Crippen LogP contribution in [0.25, 0.3) is 0 Å². The van der Waals surface area contributed by atoms with E-state index >= 15 is 0 Å². The van der Waals surface area contributed by atoms with Gasteiger partial charge in [0.05, 0.1) is 5.69 Å². The molecule has 0 aliphatic carbocycles. The molecule has 0 unspecified atom stereocenters. The van der Waals surface area contributed by atoms with E-state index in [1.54, 1.807) is 18.2 Å². The Morgan fingerprint density at radius 2 is 1.96 bits per heavy atom. The van der Waals surface area contributed by atoms with E-state index in [1.807, 2.05) is 13.0 Å². The molecule has 1 aromatic heterocycles. The molecule has 0 bridgehead atoms. The molecule has 2 aromatic carbocycles. The summed E-state index contributed by atoms with van der Waals surface area (Å²) in [4.78, 5) is 12.3. The molecule has 3 aromatic rings. The first-order valence-corrected chi connectivity index (χ1v) is 9.71. The average molecular weight is 446 g/mol. The molecule has 4 nitrogen and oxygen atoms in total. The highest BCUT2D eigenvalue weighted by molar-refractivity contribution is 9.10. The molecule has 0 aliphatic heterocycles. The zero-order chi connectivity index (χ0) is 20.3. The molecule has 0 radical (unpaired) electrons. The summed E-state index contributed by atoms with van der Waals surface area (Å²) < 4.78 is 26.0. The van der Waals surface area contributed by atoms with Crippen molar-refractivity contribution in [3.8, 4) is 5.75 Å². The standard InChI is InChI=1S/C22H21BrFNO3/c1-13(2)17-7-4-14(3)10-21(17)27-12-16-6-9-20(28-16)22(26)25-19-8-5-15(23)11-18(19)24/h4-11,13H,12H2,1-3H3,(H,25,26). The van der Waals surface area contributed by atoms with Gasteiger partial charge >= 0.3 is 0 Å². The van der Waals surface area contributed by atoms with Crippen LogP contribution in [0.5, 0.6) is 5.75 Å². The minimum absolute atomic E-state index is 0.0868. The number of anilines is 1. The van der Waals surface area contributed by atoms with E-state index in [4.69, 9.17) is 9.15 Å². The molecule has 0 aliphatic rings. The Morgan fingerprint density at radius 3 is 2.68 bits per heavy atom. The maximum atomic E-state index is 13.9. The average Bonchev–Trinajstić information content (AvgIpc) is 3.11. The van der Waals surface area contributed by atoms with Crippen molar-refractivity contribution in [2.75, 3.05) is 5.32 Å². The second-order valence-electron chi connectivity index (χ2n) is 6.83. The predicted octanol–water partition coefficient (Wildman–Crippen LogP) is 6.44. The lowest BCUT2D eigenvalue weighted by Crippen LogP contribution is -2.12. The number of amides is 1. The second-order valence-corrected chi connectivity index (χ2v) is 7.74. The fourth-order valence-corrected chi connectivity index (χ4v) is 3.08. The van der Waals surface area contributed by atoms with Crippen LogP contribution in [0.3, 0.4) is 0 Å². The van der Waals surface area contributed by atoms with Gasteiger partial charge in [0, 0.05) is 4.47 Å². The Labute approximate surface area is 171 Å². The lowest BCUT2D eigenvalue weighted by molar-refractivity contribution is 0.0992. The van der Waals surface area contributed by atoms with E-state index in [-0.39, 0.29) is 18.1 Å². The first-order valence-electron chi connectivity index (χ1n) is 8.92. The van der Waals surface area contributed by atoms with Gasteiger partial charge in [0.1, 0.15) is 23.9 Å². The SMILES string of the molecule is Cc1ccc(C(C)C)c(OCc2ccc(C(=O)Nc3ccc(Br)cc3F)o2)c1. The summed E-state index contributed by atoms with van der Waals surface area (Å²) in [6, 6.07) is 13.7. The van der Waals surface area contributed by atoms with Crippen LogP contribution in [0.2, 0.25) is 0 Å². The van der Waals surface area contributed by atoms with Crippen molar-refractivity contribution in [3.05, 3.63) is 81.5 Å². The molecule has 1 N–H and O–H groups in total. The monoisotopic (exact) mass is 445 g/mol. The number of halogens is 2. The van der Waals surface area contributed by atoms with Crippen molar-refractivity contribution >= 4 is 27.5 Å². The first-order chi connectivity index (χ1) is 13.3. The van der Waals surface area contributed by atoms with Gasteiger partial charge in [0.25, 0.3) is 5.91 Å². The molecule has 1 heterocycles. The molecule has 0 saturated heterocycles. The van der Waals surface area contributed by atoms with E-state index in [0.29, 0.717) is 16.2 Å². The van der Waals surface area contributed by atoms with Crippen LogP contribution in [0.15, 0.2) is 57.4 Å². The molecule has 0 saturated carbocycles. The quantitative estimate of drug-likeness (QED) is 0.474. The smallest absolute Gasteiger partial charge is 0.291 e. The van der Waals surface area contributed by atoms with Crippen molar-refractivity contribution in [2.24, 2.45) is 0 Å². The van der Waals surface area contributed by atoms with Gasteiger partial charge in [0.15, 0.2) is 5.76 Å². The largest absolute Gasteiger partial charge is 0.485 e. The van der Waals surface area contributed by atoms with Crippen LogP contribution < -0.4 is 10.1 Å². The van der Waals surface area contributed by atoms with Gasteiger partial charge in [0.2, 0.25) is 0 Å². The van der Waals surface area contributed by atoms with E-state index in [2.05, 4.69) is 47.2 Å². The van der Waals surface area contributed by atoms with Crippen molar-refractivity contribution in [1.82, 2.24) is 0 Å². The zero-order valence-electron chi connectivity index (χ0n) is 15.9. The molecular formula is C22H21BrFNO3. The third kappa shape index (κ3) is 4.81. The molecule has 146 valence electrons. The lowest BCUT2D eigenvalue weighted by Gasteiger charge is -2.14. The molecule has 6 heteroatoms. The Bertz CT molecular complexity index is 997. The number of hydrogen-bond acceptors (Lipinski definition) is 3. The van der Waals surface area contributed by atoms with Gasteiger partial charge in [-0.15, -0.1) is 0 Å². The summed E-state index contributed by atoms with van der Waals surface area (Å²) in [6.07, 6.45) is 0. The Balaban J connectivity index is 1.67. The molecule has 0 fully saturated rings. The number of aryl methyl sites for hydroxylation is 1. The summed E-state index contributed by atoms with van der Waals surface area (Å²) >= 11 is 3.18. The third-order valence-corrected chi connectivity index (χ3v) is 4.72. The summed E-state index contributed by atoms with van der Waals surface area (Å²) in [6.45, 7) is 6.42. The van der Waals surface area contributed by atoms with Crippen LogP contribution in [0.4, 0.5) is 10.1 Å². The fourth-order valence-electron chi connectivity index (χ4n) is 2.74. The number of carbonyl (C=O) groups excluding carboxylic acids is 1. The normalized spacial score (nSPS) is 10.9. The van der Waals surface area contributed by atoms with E-state index in [9.17, 15) is 9.18 Å². The highest BCUT2D eigenvalue weighted by atomic mass is 79.9. The molecule has 28 heavy (non-hydrogen) atoms. The molecule has 1 amide bonds. The second kappa shape index (κ2) is 8.61. The summed E-state index contributed by atoms with van der Waals surface area (Å²) in [5, 5.41) is 2.50. The fraction of sp³-hybridized carbons (Fsp3) is 0.227. The maximum Gasteiger partial charge on any atom is 0.291 e. The van der Waals surface area contributed by atoms with E-state index in [1.165, 1.54) is 12.1 Å². The number of carbonyl (C=O) groups is 1. The van der Waals surface area contributed by atoms with Crippen LogP contribution >= 0.6 is 15.9 Å². The number of benzene rings is 2. The van der Waals surface area contributed by atoms with E-state index < -0.39 is 11.7 Å². The Hall–Kier alpha value is -2.60. The predicted molar refractivity (Wildman–Crippen MR) is 110 cm³/mol. The van der Waals surface area contributed by atoms with Crippen molar-refractivity contribution in [2.45, 2.75) is 33.3 Å². The Morgan fingerprint density at radius 1 is 1.18 bits per heavy atom. The van der Waals surface area contributed by atoms with Crippen LogP contribution in [-0.4, -0.2) is 5.91 Å². The molecule has 0 spiro atoms. The van der Waals surface area contributed by atoms with E-state index in [0.717, 1.165) is 16.9 Å². The van der Waals surface area contributed by atoms with Gasteiger partial charge in [-0.05, 0) is 60.4 Å². The topological polar surface area (TPSA) is 51.5 Å². The van der Waals surface area contributed by atoms with Crippen LogP contribution in [0.1, 0.15) is 47.2 Å². The maximum absolute atomic E-state index is 13.9. The molecular weight excluding hydrogens is 425 g/mol. The summed E-state index contributed by atoms with van der Waals surface area (Å²) in [7, 11) is 0. The molecule has 3 rings (SSSR count). The number of ether oxygens (including phenoxy) is 1. The number of hydrogen-bond donors (Lipinski definition) is 1. The lowest BCUT2D eigenvalue weighted by atomic mass is 10.0. The highest BCUT2D eigenvalue weighted by Crippen LogP contribution is 2.28. The third-order valence-electron chi connectivity index (χ3n) is 4.23. The van der Waals surface area contributed by atoms with Crippen molar-refractivity contribution < 1.29 is 18.3 Å². The summed E-state index contributed by atoms with van der Waals surface area (Å²) in [5.74, 6) is 0.681. The summed E-state index contributed by atoms with van der Waals surface area (Å²) in [5.41, 5.74) is 2.31. The molecule has 0 atom stereocenters. The first kappa shape index (κ1) is 20.1. The van der Waals surface area contributed by atoms with Crippen molar-refractivity contribution in [1.29, 1.82) is 0 Å². The minimum Gasteiger partial charge on any atom is -0.485 e. The van der Waals surface area contributed by atoms with Gasteiger partial charge < -0.3 is 14.5 Å². The minimum atomic E-state index is -0.529. The number of rotatable bonds is 6. The zero-order valence-corrected chi connectivity index (χ0v) is 17.5. The number of furan rings is 1. The van der Waals surface area contributed by atoms with Crippen LogP contribution in [-0.2, 0) is 6.61 Å². The highest BCUT2D eigenvalue weighted by Gasteiger charge is 2.15. The van der Waals surface area contributed by atoms with Crippen molar-refractivity contribution in [3.63, 3.8) is 0 Å². The number of nitrogens with one attached hydrogen (secondary N) is 1. The van der Waals surface area contributed by atoms with Gasteiger partial charge in [-0.1, -0.05) is 41.9 Å². The van der Waals surface area contributed by atoms with Gasteiger partial charge in [-0.3, -0.25) is 4.79 Å². The van der Waals surface area contributed by atoms with Crippen LogP contribution in [0, 0.1) is 12.7 Å².